The third-order valence-electron chi connectivity index (χ3n) is 6.41. The van der Waals surface area contributed by atoms with Gasteiger partial charge in [0.05, 0.1) is 0 Å². The highest BCUT2D eigenvalue weighted by atomic mass is 79.9. The molecular formula is C24H18BrF4N3O3S. The average Bonchev–Trinajstić information content (AvgIpc) is 2.99. The van der Waals surface area contributed by atoms with Crippen molar-refractivity contribution < 1.29 is 27.5 Å². The van der Waals surface area contributed by atoms with Gasteiger partial charge >= 0.3 is 6.18 Å². The lowest BCUT2D eigenvalue weighted by Gasteiger charge is -2.46. The summed E-state index contributed by atoms with van der Waals surface area (Å²) in [7, 11) is 0. The van der Waals surface area contributed by atoms with Gasteiger partial charge in [0.15, 0.2) is 11.4 Å². The lowest BCUT2D eigenvalue weighted by Crippen LogP contribution is -2.60. The second-order valence-corrected chi connectivity index (χ2v) is 10.3. The molecule has 0 saturated heterocycles. The zero-order chi connectivity index (χ0) is 25.9. The molecule has 2 aromatic carbocycles. The van der Waals surface area contributed by atoms with Gasteiger partial charge in [0, 0.05) is 27.4 Å². The molecule has 0 fully saturated rings. The van der Waals surface area contributed by atoms with Gasteiger partial charge in [-0.25, -0.2) is 4.39 Å². The molecule has 0 spiro atoms. The summed E-state index contributed by atoms with van der Waals surface area (Å²) in [6.07, 6.45) is -3.53. The Bertz CT molecular complexity index is 1450. The second-order valence-electron chi connectivity index (χ2n) is 8.46. The van der Waals surface area contributed by atoms with E-state index < -0.39 is 53.5 Å². The number of fused-ring (bicyclic) bond motifs is 3. The lowest BCUT2D eigenvalue weighted by atomic mass is 9.94. The van der Waals surface area contributed by atoms with Gasteiger partial charge in [-0.05, 0) is 35.7 Å². The number of alkyl halides is 3. The number of aromatic hydroxyl groups is 1. The third-order valence-corrected chi connectivity index (χ3v) is 8.28. The molecule has 6 nitrogen and oxygen atoms in total. The van der Waals surface area contributed by atoms with Crippen LogP contribution in [-0.4, -0.2) is 39.5 Å². The number of aromatic nitrogens is 1. The van der Waals surface area contributed by atoms with Crippen LogP contribution in [0.4, 0.5) is 17.6 Å². The summed E-state index contributed by atoms with van der Waals surface area (Å²) in [4.78, 5) is 26.3. The van der Waals surface area contributed by atoms with Gasteiger partial charge in [0.25, 0.3) is 5.91 Å². The average molecular weight is 584 g/mol. The first-order valence-corrected chi connectivity index (χ1v) is 12.6. The number of nitrogens with zero attached hydrogens (tertiary/aromatic N) is 3. The topological polar surface area (TPSA) is 65.8 Å². The van der Waals surface area contributed by atoms with Gasteiger partial charge in [-0.1, -0.05) is 40.2 Å². The molecule has 3 heterocycles. The fourth-order valence-electron chi connectivity index (χ4n) is 4.56. The van der Waals surface area contributed by atoms with Gasteiger partial charge in [-0.3, -0.25) is 19.3 Å². The minimum atomic E-state index is -4.77. The molecule has 0 radical (unpaired) electrons. The molecule has 36 heavy (non-hydrogen) atoms. The first-order chi connectivity index (χ1) is 17.0. The number of thioether (sulfide) groups is 1. The van der Waals surface area contributed by atoms with E-state index in [9.17, 15) is 32.3 Å². The number of amides is 1. The Morgan fingerprint density at radius 3 is 2.58 bits per heavy atom. The summed E-state index contributed by atoms with van der Waals surface area (Å²) in [5, 5.41) is 12.0. The summed E-state index contributed by atoms with van der Waals surface area (Å²) in [5.41, 5.74) is 0.471. The van der Waals surface area contributed by atoms with E-state index in [4.69, 9.17) is 0 Å². The van der Waals surface area contributed by atoms with Gasteiger partial charge in [0.1, 0.15) is 24.6 Å². The number of carbonyl (C=O) groups excluding carboxylic acids is 1. The molecule has 0 saturated carbocycles. The molecule has 1 N–H and O–H groups in total. The van der Waals surface area contributed by atoms with Crippen molar-refractivity contribution in [2.45, 2.75) is 35.8 Å². The predicted octanol–water partition coefficient (Wildman–Crippen LogP) is 5.15. The number of benzene rings is 2. The van der Waals surface area contributed by atoms with E-state index in [0.717, 1.165) is 18.6 Å². The third kappa shape index (κ3) is 3.86. The molecule has 0 aliphatic carbocycles. The predicted molar refractivity (Wildman–Crippen MR) is 129 cm³/mol. The molecule has 2 aliphatic rings. The zero-order valence-electron chi connectivity index (χ0n) is 18.6. The first-order valence-electron chi connectivity index (χ1n) is 10.8. The van der Waals surface area contributed by atoms with E-state index in [0.29, 0.717) is 31.1 Å². The molecule has 1 amide bonds. The molecule has 188 valence electrons. The van der Waals surface area contributed by atoms with Crippen molar-refractivity contribution >= 4 is 33.6 Å². The summed E-state index contributed by atoms with van der Waals surface area (Å²) < 4.78 is 58.2. The SMILES string of the molecule is C[C@@H](N1CN([C@H]2c3cccc(F)c3SCc3cccc(Br)c32)n2ccc(=O)c(O)c2C1=O)C(F)(F)F. The van der Waals surface area contributed by atoms with E-state index >= 15 is 0 Å². The molecule has 2 atom stereocenters. The summed E-state index contributed by atoms with van der Waals surface area (Å²) in [6.45, 7) is 0.297. The highest BCUT2D eigenvalue weighted by molar-refractivity contribution is 9.10. The maximum Gasteiger partial charge on any atom is 0.408 e. The Balaban J connectivity index is 1.82. The van der Waals surface area contributed by atoms with Crippen LogP contribution in [0.5, 0.6) is 5.75 Å². The Morgan fingerprint density at radius 1 is 1.14 bits per heavy atom. The van der Waals surface area contributed by atoms with Crippen molar-refractivity contribution in [3.05, 3.63) is 91.6 Å². The highest BCUT2D eigenvalue weighted by Crippen LogP contribution is 2.46. The van der Waals surface area contributed by atoms with Crippen molar-refractivity contribution in [1.82, 2.24) is 9.58 Å². The van der Waals surface area contributed by atoms with E-state index in [1.807, 2.05) is 6.07 Å². The number of hydrogen-bond donors (Lipinski definition) is 1. The van der Waals surface area contributed by atoms with Crippen LogP contribution in [0.15, 0.2) is 62.8 Å². The van der Waals surface area contributed by atoms with E-state index in [1.165, 1.54) is 39.8 Å². The normalized spacial score (nSPS) is 18.3. The van der Waals surface area contributed by atoms with Crippen molar-refractivity contribution in [2.75, 3.05) is 11.7 Å². The van der Waals surface area contributed by atoms with Crippen molar-refractivity contribution in [2.24, 2.45) is 0 Å². The van der Waals surface area contributed by atoms with E-state index in [1.54, 1.807) is 18.2 Å². The minimum Gasteiger partial charge on any atom is -0.502 e. The number of carbonyl (C=O) groups is 1. The van der Waals surface area contributed by atoms with Crippen molar-refractivity contribution in [3.8, 4) is 5.75 Å². The molecule has 5 rings (SSSR count). The Morgan fingerprint density at radius 2 is 1.86 bits per heavy atom. The van der Waals surface area contributed by atoms with Gasteiger partial charge < -0.3 is 10.0 Å². The van der Waals surface area contributed by atoms with Crippen LogP contribution in [0.2, 0.25) is 0 Å². The number of halogens is 5. The largest absolute Gasteiger partial charge is 0.502 e. The Hall–Kier alpha value is -2.99. The highest BCUT2D eigenvalue weighted by Gasteiger charge is 2.48. The quantitative estimate of drug-likeness (QED) is 0.423. The van der Waals surface area contributed by atoms with Gasteiger partial charge in [0.2, 0.25) is 5.43 Å². The van der Waals surface area contributed by atoms with Crippen LogP contribution in [-0.2, 0) is 5.75 Å². The summed E-state index contributed by atoms with van der Waals surface area (Å²) in [6, 6.07) is 7.87. The first kappa shape index (κ1) is 24.7. The van der Waals surface area contributed by atoms with Crippen LogP contribution >= 0.6 is 27.7 Å². The van der Waals surface area contributed by atoms with Crippen LogP contribution in [0, 0.1) is 5.82 Å². The minimum absolute atomic E-state index is 0.324. The van der Waals surface area contributed by atoms with Crippen LogP contribution in [0.25, 0.3) is 0 Å². The molecule has 0 unspecified atom stereocenters. The molecular weight excluding hydrogens is 566 g/mol. The van der Waals surface area contributed by atoms with Crippen molar-refractivity contribution in [1.29, 1.82) is 0 Å². The van der Waals surface area contributed by atoms with Crippen LogP contribution in [0.3, 0.4) is 0 Å². The van der Waals surface area contributed by atoms with Gasteiger partial charge in [-0.2, -0.15) is 13.2 Å². The standard InChI is InChI=1S/C24H18BrF4N3O3S/c1-12(24(27,28)29)30-11-32(31-9-8-17(33)21(34)20(31)23(30)35)19-14-5-3-7-16(26)22(14)36-10-13-4-2-6-15(25)18(13)19/h2-9,12,19,34H,10-11H2,1H3/t12-,19+/m1/s1. The lowest BCUT2D eigenvalue weighted by molar-refractivity contribution is -0.173. The number of rotatable bonds is 2. The van der Waals surface area contributed by atoms with Crippen LogP contribution in [0.1, 0.15) is 40.1 Å². The van der Waals surface area contributed by atoms with Gasteiger partial charge in [-0.15, -0.1) is 11.8 Å². The van der Waals surface area contributed by atoms with Crippen molar-refractivity contribution in [3.63, 3.8) is 0 Å². The zero-order valence-corrected chi connectivity index (χ0v) is 21.0. The smallest absolute Gasteiger partial charge is 0.408 e. The summed E-state index contributed by atoms with van der Waals surface area (Å²) in [5.74, 6) is -2.18. The Labute approximate surface area is 215 Å². The van der Waals surface area contributed by atoms with E-state index in [-0.39, 0.29) is 0 Å². The summed E-state index contributed by atoms with van der Waals surface area (Å²) >= 11 is 4.81. The maximum atomic E-state index is 15.0. The second kappa shape index (κ2) is 8.84. The maximum absolute atomic E-state index is 15.0. The molecule has 3 aromatic rings. The molecule has 0 bridgehead atoms. The molecule has 12 heteroatoms. The van der Waals surface area contributed by atoms with Crippen LogP contribution < -0.4 is 10.4 Å². The van der Waals surface area contributed by atoms with E-state index in [2.05, 4.69) is 15.9 Å². The molecule has 2 aliphatic heterocycles. The fraction of sp³-hybridized carbons (Fsp3) is 0.250. The monoisotopic (exact) mass is 583 g/mol. The number of hydrogen-bond acceptors (Lipinski definition) is 5. The molecule has 1 aromatic heterocycles. The fourth-order valence-corrected chi connectivity index (χ4v) is 6.29. The number of pyridine rings is 1. The Kier molecular flexibility index (Phi) is 6.06.